The molecule has 1 aromatic carbocycles. The Hall–Kier alpha value is -2.76. The van der Waals surface area contributed by atoms with Gasteiger partial charge in [-0.3, -0.25) is 9.58 Å². The Morgan fingerprint density at radius 3 is 2.77 bits per heavy atom. The number of halogens is 1. The van der Waals surface area contributed by atoms with Crippen molar-refractivity contribution in [1.29, 1.82) is 0 Å². The van der Waals surface area contributed by atoms with Crippen LogP contribution in [-0.4, -0.2) is 89.1 Å². The number of aryl methyl sites for hydroxylation is 2. The number of fused-ring (bicyclic) bond motifs is 5. The van der Waals surface area contributed by atoms with Crippen molar-refractivity contribution in [2.24, 2.45) is 0 Å². The highest BCUT2D eigenvalue weighted by Crippen LogP contribution is 2.45. The van der Waals surface area contributed by atoms with Gasteiger partial charge in [0.1, 0.15) is 17.0 Å². The van der Waals surface area contributed by atoms with E-state index in [-0.39, 0.29) is 0 Å². The van der Waals surface area contributed by atoms with Crippen molar-refractivity contribution in [3.05, 3.63) is 47.0 Å². The van der Waals surface area contributed by atoms with E-state index in [4.69, 9.17) is 21.4 Å². The number of thiophene rings is 1. The van der Waals surface area contributed by atoms with Gasteiger partial charge < -0.3 is 20.3 Å². The number of anilines is 3. The van der Waals surface area contributed by atoms with E-state index in [2.05, 4.69) is 55.3 Å². The van der Waals surface area contributed by atoms with Gasteiger partial charge in [-0.2, -0.15) is 5.10 Å². The van der Waals surface area contributed by atoms with Gasteiger partial charge in [0.25, 0.3) is 0 Å². The van der Waals surface area contributed by atoms with Crippen LogP contribution >= 0.6 is 22.9 Å². The predicted molar refractivity (Wildman–Crippen MR) is 164 cm³/mol. The molecule has 6 rings (SSSR count). The first kappa shape index (κ1) is 27.4. The Morgan fingerprint density at radius 1 is 1.07 bits per heavy atom. The van der Waals surface area contributed by atoms with Crippen LogP contribution in [0.5, 0.6) is 0 Å². The zero-order valence-corrected chi connectivity index (χ0v) is 24.8. The number of ether oxygens (including phenoxy) is 1. The molecule has 212 valence electrons. The Balaban J connectivity index is 1.18. The molecule has 1 fully saturated rings. The van der Waals surface area contributed by atoms with Crippen molar-refractivity contribution in [2.75, 3.05) is 70.2 Å². The van der Waals surface area contributed by atoms with Crippen molar-refractivity contribution in [3.63, 3.8) is 0 Å². The molecule has 1 aliphatic heterocycles. The summed E-state index contributed by atoms with van der Waals surface area (Å²) >= 11 is 8.34. The van der Waals surface area contributed by atoms with E-state index in [0.29, 0.717) is 18.2 Å². The molecule has 0 amide bonds. The lowest BCUT2D eigenvalue weighted by Gasteiger charge is -2.32. The summed E-state index contributed by atoms with van der Waals surface area (Å²) in [6, 6.07) is 5.96. The summed E-state index contributed by atoms with van der Waals surface area (Å²) in [6.07, 6.45) is 6.76. The van der Waals surface area contributed by atoms with Gasteiger partial charge in [0.05, 0.1) is 34.9 Å². The molecule has 4 heterocycles. The topological polar surface area (TPSA) is 83.4 Å². The zero-order valence-electron chi connectivity index (χ0n) is 23.2. The summed E-state index contributed by atoms with van der Waals surface area (Å²) in [5, 5.41) is 13.6. The molecule has 1 aliphatic carbocycles. The molecule has 2 aliphatic rings. The van der Waals surface area contributed by atoms with Gasteiger partial charge in [-0.15, -0.1) is 11.3 Å². The van der Waals surface area contributed by atoms with Crippen LogP contribution in [0, 0.1) is 0 Å². The third-order valence-corrected chi connectivity index (χ3v) is 9.15. The van der Waals surface area contributed by atoms with Crippen LogP contribution in [0.4, 0.5) is 17.2 Å². The van der Waals surface area contributed by atoms with Gasteiger partial charge in [-0.05, 0) is 50.1 Å². The lowest BCUT2D eigenvalue weighted by atomic mass is 9.95. The smallest absolute Gasteiger partial charge is 0.142 e. The number of piperazine rings is 1. The monoisotopic (exact) mass is 580 g/mol. The second-order valence-corrected chi connectivity index (χ2v) is 12.0. The van der Waals surface area contributed by atoms with E-state index in [0.717, 1.165) is 92.5 Å². The standard InChI is InChI=1S/C29H37ClN8OS/c1-3-15-39-16-8-31-25-6-4-20(17-23(25)30)34-28-26-21-5-7-24-22(27(21)40-29(26)33-19-32-28)18-38(35-24)14-13-37-11-9-36(2)10-12-37/h4,6,17-19,31H,3,5,7-16H2,1-2H3,(H,32,33,34). The Kier molecular flexibility index (Phi) is 8.50. The van der Waals surface area contributed by atoms with Crippen molar-refractivity contribution >= 4 is 50.3 Å². The number of rotatable bonds is 11. The molecule has 1 saturated heterocycles. The Morgan fingerprint density at radius 2 is 1.95 bits per heavy atom. The van der Waals surface area contributed by atoms with Gasteiger partial charge in [-0.25, -0.2) is 9.97 Å². The molecule has 11 heteroatoms. The van der Waals surface area contributed by atoms with E-state index >= 15 is 0 Å². The first-order valence-electron chi connectivity index (χ1n) is 14.2. The quantitative estimate of drug-likeness (QED) is 0.236. The first-order chi connectivity index (χ1) is 19.6. The summed E-state index contributed by atoms with van der Waals surface area (Å²) in [5.41, 5.74) is 5.53. The fraction of sp³-hybridized carbons (Fsp3) is 0.483. The van der Waals surface area contributed by atoms with Gasteiger partial charge in [-0.1, -0.05) is 18.5 Å². The van der Waals surface area contributed by atoms with Crippen molar-refractivity contribution in [1.82, 2.24) is 29.5 Å². The number of aromatic nitrogens is 4. The molecule has 0 saturated carbocycles. The molecule has 4 aromatic rings. The highest BCUT2D eigenvalue weighted by molar-refractivity contribution is 7.22. The van der Waals surface area contributed by atoms with Crippen LogP contribution in [0.15, 0.2) is 30.7 Å². The minimum atomic E-state index is 0.656. The normalized spacial score (nSPS) is 15.8. The largest absolute Gasteiger partial charge is 0.382 e. The van der Waals surface area contributed by atoms with Crippen molar-refractivity contribution < 1.29 is 4.74 Å². The minimum absolute atomic E-state index is 0.656. The van der Waals surface area contributed by atoms with Crippen molar-refractivity contribution in [3.8, 4) is 10.4 Å². The van der Waals surface area contributed by atoms with Crippen LogP contribution in [0.1, 0.15) is 24.6 Å². The summed E-state index contributed by atoms with van der Waals surface area (Å²) in [7, 11) is 2.20. The van der Waals surface area contributed by atoms with Crippen LogP contribution in [0.2, 0.25) is 5.02 Å². The van der Waals surface area contributed by atoms with Gasteiger partial charge in [0.2, 0.25) is 0 Å². The van der Waals surface area contributed by atoms with E-state index < -0.39 is 0 Å². The molecule has 0 atom stereocenters. The molecule has 0 radical (unpaired) electrons. The molecule has 0 bridgehead atoms. The highest BCUT2D eigenvalue weighted by atomic mass is 35.5. The zero-order chi connectivity index (χ0) is 27.5. The lowest BCUT2D eigenvalue weighted by molar-refractivity contribution is 0.144. The highest BCUT2D eigenvalue weighted by Gasteiger charge is 2.26. The molecule has 2 N–H and O–H groups in total. The third kappa shape index (κ3) is 5.96. The van der Waals surface area contributed by atoms with Crippen LogP contribution < -0.4 is 10.6 Å². The number of nitrogens with one attached hydrogen (secondary N) is 2. The number of nitrogens with zero attached hydrogens (tertiary/aromatic N) is 6. The fourth-order valence-electron chi connectivity index (χ4n) is 5.43. The maximum atomic E-state index is 6.60. The lowest BCUT2D eigenvalue weighted by Crippen LogP contribution is -2.45. The molecule has 9 nitrogen and oxygen atoms in total. The summed E-state index contributed by atoms with van der Waals surface area (Å²) in [5.74, 6) is 0.818. The molecule has 0 spiro atoms. The van der Waals surface area contributed by atoms with Crippen LogP contribution in [0.3, 0.4) is 0 Å². The molecule has 0 unspecified atom stereocenters. The van der Waals surface area contributed by atoms with E-state index in [1.807, 2.05) is 18.2 Å². The molecular formula is C29H37ClN8OS. The van der Waals surface area contributed by atoms with Crippen LogP contribution in [-0.2, 0) is 24.1 Å². The van der Waals surface area contributed by atoms with E-state index in [1.165, 1.54) is 21.7 Å². The molecule has 40 heavy (non-hydrogen) atoms. The second kappa shape index (κ2) is 12.4. The van der Waals surface area contributed by atoms with E-state index in [9.17, 15) is 0 Å². The summed E-state index contributed by atoms with van der Waals surface area (Å²) < 4.78 is 7.69. The van der Waals surface area contributed by atoms with Gasteiger partial charge in [0.15, 0.2) is 0 Å². The second-order valence-electron chi connectivity index (χ2n) is 10.6. The number of likely N-dealkylation sites (N-methyl/N-ethyl adjacent to an activating group) is 1. The SMILES string of the molecule is CCCOCCNc1ccc(Nc2ncnc3sc4c(c23)CCc2nn(CCN3CCN(C)CC3)cc2-4)cc1Cl. The third-order valence-electron chi connectivity index (χ3n) is 7.67. The number of hydrogen-bond donors (Lipinski definition) is 2. The Bertz CT molecular complexity index is 1460. The average Bonchev–Trinajstić information content (AvgIpc) is 3.55. The summed E-state index contributed by atoms with van der Waals surface area (Å²) in [6.45, 7) is 10.7. The molecule has 3 aromatic heterocycles. The van der Waals surface area contributed by atoms with Crippen LogP contribution in [0.25, 0.3) is 20.7 Å². The fourth-order valence-corrected chi connectivity index (χ4v) is 6.90. The predicted octanol–water partition coefficient (Wildman–Crippen LogP) is 5.14. The van der Waals surface area contributed by atoms with E-state index in [1.54, 1.807) is 17.7 Å². The summed E-state index contributed by atoms with van der Waals surface area (Å²) in [4.78, 5) is 16.5. The van der Waals surface area contributed by atoms with Gasteiger partial charge >= 0.3 is 0 Å². The number of hydrogen-bond acceptors (Lipinski definition) is 9. The first-order valence-corrected chi connectivity index (χ1v) is 15.4. The van der Waals surface area contributed by atoms with Crippen molar-refractivity contribution in [2.45, 2.75) is 32.7 Å². The maximum Gasteiger partial charge on any atom is 0.142 e. The molecular weight excluding hydrogens is 544 g/mol. The van der Waals surface area contributed by atoms with Gasteiger partial charge in [0, 0.05) is 68.2 Å². The maximum absolute atomic E-state index is 6.60. The number of benzene rings is 1. The minimum Gasteiger partial charge on any atom is -0.382 e. The Labute approximate surface area is 244 Å². The average molecular weight is 581 g/mol.